The van der Waals surface area contributed by atoms with Crippen molar-refractivity contribution in [1.29, 1.82) is 0 Å². The van der Waals surface area contributed by atoms with Crippen LogP contribution in [0.4, 0.5) is 0 Å². The number of rotatable bonds is 4. The quantitative estimate of drug-likeness (QED) is 0.175. The van der Waals surface area contributed by atoms with Gasteiger partial charge in [-0.05, 0) is 106 Å². The highest BCUT2D eigenvalue weighted by Crippen LogP contribution is 2.50. The number of fused-ring (bicyclic) bond motifs is 12. The van der Waals surface area contributed by atoms with Gasteiger partial charge in [0.1, 0.15) is 11.2 Å². The summed E-state index contributed by atoms with van der Waals surface area (Å²) in [5.41, 5.74) is 19.0. The molecule has 3 heteroatoms. The zero-order valence-corrected chi connectivity index (χ0v) is 33.3. The Kier molecular flexibility index (Phi) is 6.78. The van der Waals surface area contributed by atoms with Gasteiger partial charge in [0.15, 0.2) is 0 Å². The minimum absolute atomic E-state index is 0.0669. The predicted molar refractivity (Wildman–Crippen MR) is 251 cm³/mol. The van der Waals surface area contributed by atoms with Crippen molar-refractivity contribution >= 4 is 65.6 Å². The maximum Gasteiger partial charge on any atom is 0.143 e. The van der Waals surface area contributed by atoms with E-state index in [1.807, 2.05) is 12.1 Å². The molecule has 282 valence electrons. The van der Waals surface area contributed by atoms with Gasteiger partial charge in [-0.1, -0.05) is 141 Å². The zero-order chi connectivity index (χ0) is 39.7. The Labute approximate surface area is 347 Å². The molecule has 0 spiro atoms. The van der Waals surface area contributed by atoms with Crippen molar-refractivity contribution in [3.05, 3.63) is 205 Å². The van der Waals surface area contributed by atoms with Crippen LogP contribution in [0.25, 0.3) is 110 Å². The first-order chi connectivity index (χ1) is 29.5. The van der Waals surface area contributed by atoms with Crippen LogP contribution >= 0.6 is 0 Å². The maximum atomic E-state index is 6.46. The lowest BCUT2D eigenvalue weighted by Gasteiger charge is -2.22. The third kappa shape index (κ3) is 4.60. The second kappa shape index (κ2) is 12.2. The van der Waals surface area contributed by atoms with E-state index in [9.17, 15) is 0 Å². The molecule has 12 aromatic rings. The molecule has 0 unspecified atom stereocenters. The first-order valence-corrected chi connectivity index (χ1v) is 20.8. The minimum Gasteiger partial charge on any atom is -0.455 e. The monoisotopic (exact) mass is 766 g/mol. The average molecular weight is 767 g/mol. The van der Waals surface area contributed by atoms with Crippen LogP contribution in [0, 0.1) is 0 Å². The third-order valence-corrected chi connectivity index (χ3v) is 13.3. The summed E-state index contributed by atoms with van der Waals surface area (Å²) >= 11 is 0. The summed E-state index contributed by atoms with van der Waals surface area (Å²) in [4.78, 5) is 0. The van der Waals surface area contributed by atoms with Crippen molar-refractivity contribution in [3.8, 4) is 44.8 Å². The van der Waals surface area contributed by atoms with Gasteiger partial charge < -0.3 is 13.6 Å². The molecule has 9 aromatic carbocycles. The first-order valence-electron chi connectivity index (χ1n) is 20.8. The molecule has 0 amide bonds. The number of aromatic nitrogens is 2. The highest BCUT2D eigenvalue weighted by molar-refractivity contribution is 6.13. The van der Waals surface area contributed by atoms with E-state index >= 15 is 0 Å². The van der Waals surface area contributed by atoms with E-state index in [1.165, 1.54) is 82.7 Å². The second-order valence-electron chi connectivity index (χ2n) is 16.9. The highest BCUT2D eigenvalue weighted by atomic mass is 16.3. The largest absolute Gasteiger partial charge is 0.455 e. The molecule has 0 N–H and O–H groups in total. The Balaban J connectivity index is 0.939. The van der Waals surface area contributed by atoms with Crippen LogP contribution < -0.4 is 0 Å². The van der Waals surface area contributed by atoms with E-state index < -0.39 is 0 Å². The molecule has 0 saturated heterocycles. The van der Waals surface area contributed by atoms with Crippen molar-refractivity contribution in [3.63, 3.8) is 0 Å². The standard InChI is InChI=1S/C57H38N2O/c1-57(2)49-21-7-3-15-41(49)42-28-27-39(34-50(42)57)59-52-23-9-5-17-44(52)48-33-36(26-30-54(48)59)35-25-29-53-47(32-35)43-16-4-8-22-51(43)58(53)38-14-11-13-37(31-38)40-19-12-20-46-45-18-6-10-24-55(45)60-56(40)46/h3-34H,1-2H3. The fraction of sp³-hybridized carbons (Fsp3) is 0.0526. The predicted octanol–water partition coefficient (Wildman–Crippen LogP) is 15.4. The van der Waals surface area contributed by atoms with Gasteiger partial charge in [-0.3, -0.25) is 0 Å². The Morgan fingerprint density at radius 2 is 0.900 bits per heavy atom. The molecule has 3 nitrogen and oxygen atoms in total. The third-order valence-electron chi connectivity index (χ3n) is 13.3. The van der Waals surface area contributed by atoms with E-state index in [0.717, 1.165) is 38.8 Å². The maximum absolute atomic E-state index is 6.46. The minimum atomic E-state index is -0.0669. The molecule has 0 aliphatic heterocycles. The van der Waals surface area contributed by atoms with Crippen LogP contribution in [0.2, 0.25) is 0 Å². The van der Waals surface area contributed by atoms with E-state index in [0.29, 0.717) is 0 Å². The summed E-state index contributed by atoms with van der Waals surface area (Å²) in [6.45, 7) is 4.71. The van der Waals surface area contributed by atoms with Gasteiger partial charge in [0.25, 0.3) is 0 Å². The fourth-order valence-corrected chi connectivity index (χ4v) is 10.5. The van der Waals surface area contributed by atoms with E-state index in [-0.39, 0.29) is 5.41 Å². The van der Waals surface area contributed by atoms with Crippen molar-refractivity contribution < 1.29 is 4.42 Å². The van der Waals surface area contributed by atoms with Crippen molar-refractivity contribution in [2.45, 2.75) is 19.3 Å². The van der Waals surface area contributed by atoms with Crippen LogP contribution in [0.1, 0.15) is 25.0 Å². The van der Waals surface area contributed by atoms with Crippen LogP contribution in [-0.4, -0.2) is 9.13 Å². The van der Waals surface area contributed by atoms with Gasteiger partial charge in [0.2, 0.25) is 0 Å². The number of nitrogens with zero attached hydrogens (tertiary/aromatic N) is 2. The van der Waals surface area contributed by atoms with Crippen LogP contribution in [0.5, 0.6) is 0 Å². The summed E-state index contributed by atoms with van der Waals surface area (Å²) in [6.07, 6.45) is 0. The van der Waals surface area contributed by atoms with Crippen molar-refractivity contribution in [2.24, 2.45) is 0 Å². The summed E-state index contributed by atoms with van der Waals surface area (Å²) in [5.74, 6) is 0. The molecule has 1 aliphatic rings. The number of benzene rings is 9. The molecule has 0 radical (unpaired) electrons. The van der Waals surface area contributed by atoms with Gasteiger partial charge >= 0.3 is 0 Å². The summed E-state index contributed by atoms with van der Waals surface area (Å²) < 4.78 is 11.3. The molecule has 60 heavy (non-hydrogen) atoms. The van der Waals surface area contributed by atoms with Gasteiger partial charge in [0, 0.05) is 54.7 Å². The molecule has 3 aromatic heterocycles. The lowest BCUT2D eigenvalue weighted by Crippen LogP contribution is -2.15. The normalized spacial score (nSPS) is 13.3. The Morgan fingerprint density at radius 3 is 1.63 bits per heavy atom. The molecule has 13 rings (SSSR count). The second-order valence-corrected chi connectivity index (χ2v) is 16.9. The summed E-state index contributed by atoms with van der Waals surface area (Å²) in [6, 6.07) is 71.2. The molecule has 0 atom stereocenters. The molecule has 0 fully saturated rings. The van der Waals surface area contributed by atoms with Crippen LogP contribution in [-0.2, 0) is 5.41 Å². The Bertz CT molecular complexity index is 3760. The average Bonchev–Trinajstić information content (AvgIpc) is 4.01. The first kappa shape index (κ1) is 33.4. The van der Waals surface area contributed by atoms with Crippen molar-refractivity contribution in [1.82, 2.24) is 9.13 Å². The van der Waals surface area contributed by atoms with Gasteiger partial charge in [-0.25, -0.2) is 0 Å². The Hall–Kier alpha value is -7.62. The Morgan fingerprint density at radius 1 is 0.350 bits per heavy atom. The molecule has 0 saturated carbocycles. The lowest BCUT2D eigenvalue weighted by molar-refractivity contribution is 0.660. The number of para-hydroxylation sites is 4. The van der Waals surface area contributed by atoms with E-state index in [1.54, 1.807) is 0 Å². The SMILES string of the molecule is CC1(C)c2ccccc2-c2ccc(-n3c4ccccc4c4cc(-c5ccc6c(c5)c5ccccc5n6-c5cccc(-c6cccc7c6oc6ccccc67)c5)ccc43)cc21. The lowest BCUT2D eigenvalue weighted by atomic mass is 9.82. The fourth-order valence-electron chi connectivity index (χ4n) is 10.5. The van der Waals surface area contributed by atoms with E-state index in [2.05, 4.69) is 205 Å². The van der Waals surface area contributed by atoms with E-state index in [4.69, 9.17) is 4.42 Å². The molecule has 0 bridgehead atoms. The summed E-state index contributed by atoms with van der Waals surface area (Å²) in [7, 11) is 0. The van der Waals surface area contributed by atoms with Crippen LogP contribution in [0.3, 0.4) is 0 Å². The number of hydrogen-bond donors (Lipinski definition) is 0. The molecular formula is C57H38N2O. The number of hydrogen-bond acceptors (Lipinski definition) is 1. The molecule has 1 aliphatic carbocycles. The summed E-state index contributed by atoms with van der Waals surface area (Å²) in [5, 5.41) is 7.26. The van der Waals surface area contributed by atoms with Gasteiger partial charge in [-0.15, -0.1) is 0 Å². The van der Waals surface area contributed by atoms with Gasteiger partial charge in [-0.2, -0.15) is 0 Å². The topological polar surface area (TPSA) is 23.0 Å². The molecule has 3 heterocycles. The number of furan rings is 1. The van der Waals surface area contributed by atoms with Crippen LogP contribution in [0.15, 0.2) is 199 Å². The highest BCUT2D eigenvalue weighted by Gasteiger charge is 2.35. The van der Waals surface area contributed by atoms with Crippen molar-refractivity contribution in [2.75, 3.05) is 0 Å². The van der Waals surface area contributed by atoms with Gasteiger partial charge in [0.05, 0.1) is 22.1 Å². The smallest absolute Gasteiger partial charge is 0.143 e. The zero-order valence-electron chi connectivity index (χ0n) is 33.3. The molecular weight excluding hydrogens is 729 g/mol.